The van der Waals surface area contributed by atoms with Crippen molar-refractivity contribution in [1.82, 2.24) is 30.7 Å². The maximum Gasteiger partial charge on any atom is 0.246 e. The summed E-state index contributed by atoms with van der Waals surface area (Å²) in [6.45, 7) is 12.3. The number of hydrogen-bond donors (Lipinski definition) is 4. The fourth-order valence-electron chi connectivity index (χ4n) is 5.21. The second-order valence-electron chi connectivity index (χ2n) is 11.8. The van der Waals surface area contributed by atoms with E-state index in [1.807, 2.05) is 57.5 Å². The molecule has 234 valence electrons. The van der Waals surface area contributed by atoms with Crippen LogP contribution in [0.15, 0.2) is 29.8 Å². The van der Waals surface area contributed by atoms with Gasteiger partial charge in [-0.05, 0) is 23.5 Å². The molecule has 0 radical (unpaired) electrons. The Morgan fingerprint density at radius 2 is 1.81 bits per heavy atom. The average Bonchev–Trinajstić information content (AvgIpc) is 3.54. The van der Waals surface area contributed by atoms with Crippen LogP contribution in [0.1, 0.15) is 44.9 Å². The third-order valence-electron chi connectivity index (χ3n) is 7.58. The molecule has 0 aliphatic carbocycles. The summed E-state index contributed by atoms with van der Waals surface area (Å²) >= 11 is 1.59. The Hall–Kier alpha value is -2.28. The Labute approximate surface area is 264 Å². The normalized spacial score (nSPS) is 19.8. The molecule has 0 spiro atoms. The summed E-state index contributed by atoms with van der Waals surface area (Å²) in [5.74, 6) is -0.849. The molecular weight excluding hydrogens is 599 g/mol. The van der Waals surface area contributed by atoms with Crippen LogP contribution < -0.4 is 16.0 Å². The zero-order valence-electron chi connectivity index (χ0n) is 24.7. The van der Waals surface area contributed by atoms with Crippen molar-refractivity contribution in [2.24, 2.45) is 5.41 Å². The van der Waals surface area contributed by atoms with Gasteiger partial charge < -0.3 is 30.9 Å². The summed E-state index contributed by atoms with van der Waals surface area (Å²) in [7, 11) is 0. The number of nitrogens with one attached hydrogen (secondary N) is 3. The number of carbonyl (C=O) groups is 3. The average molecular weight is 644 g/mol. The molecule has 0 saturated carbocycles. The van der Waals surface area contributed by atoms with Crippen molar-refractivity contribution in [3.63, 3.8) is 0 Å². The first-order valence-electron chi connectivity index (χ1n) is 14.0. The van der Waals surface area contributed by atoms with Crippen molar-refractivity contribution in [3.05, 3.63) is 41.0 Å². The Kier molecular flexibility index (Phi) is 13.7. The first-order valence-corrected chi connectivity index (χ1v) is 14.9. The molecule has 0 unspecified atom stereocenters. The lowest BCUT2D eigenvalue weighted by atomic mass is 9.85. The van der Waals surface area contributed by atoms with Crippen molar-refractivity contribution >= 4 is 53.9 Å². The number of aliphatic hydroxyl groups excluding tert-OH is 1. The third kappa shape index (κ3) is 9.36. The van der Waals surface area contributed by atoms with Crippen molar-refractivity contribution in [2.45, 2.75) is 65.3 Å². The van der Waals surface area contributed by atoms with Gasteiger partial charge in [-0.2, -0.15) is 0 Å². The number of halogens is 2. The summed E-state index contributed by atoms with van der Waals surface area (Å²) in [5, 5.41) is 19.6. The molecule has 2 aliphatic heterocycles. The monoisotopic (exact) mass is 642 g/mol. The van der Waals surface area contributed by atoms with Gasteiger partial charge in [0, 0.05) is 58.7 Å². The molecule has 13 heteroatoms. The van der Waals surface area contributed by atoms with Gasteiger partial charge in [-0.25, -0.2) is 4.98 Å². The van der Waals surface area contributed by atoms with E-state index in [1.165, 1.54) is 4.90 Å². The number of benzene rings is 1. The molecule has 2 aromatic rings. The number of amides is 3. The number of aliphatic hydroxyl groups is 1. The molecule has 2 fully saturated rings. The van der Waals surface area contributed by atoms with Crippen LogP contribution >= 0.6 is 36.2 Å². The predicted octanol–water partition coefficient (Wildman–Crippen LogP) is 2.37. The number of piperazine rings is 1. The molecule has 3 amide bonds. The topological polar surface area (TPSA) is 127 Å². The Bertz CT molecular complexity index is 1180. The maximum atomic E-state index is 13.7. The van der Waals surface area contributed by atoms with Gasteiger partial charge in [0.05, 0.1) is 22.2 Å². The van der Waals surface area contributed by atoms with Crippen molar-refractivity contribution in [2.75, 3.05) is 39.3 Å². The lowest BCUT2D eigenvalue weighted by Gasteiger charge is -2.35. The molecule has 2 saturated heterocycles. The summed E-state index contributed by atoms with van der Waals surface area (Å²) in [4.78, 5) is 48.9. The Morgan fingerprint density at radius 1 is 1.14 bits per heavy atom. The maximum absolute atomic E-state index is 13.7. The van der Waals surface area contributed by atoms with E-state index >= 15 is 0 Å². The van der Waals surface area contributed by atoms with E-state index in [0.29, 0.717) is 19.5 Å². The smallest absolute Gasteiger partial charge is 0.246 e. The molecule has 3 atom stereocenters. The van der Waals surface area contributed by atoms with Gasteiger partial charge in [0.15, 0.2) is 0 Å². The Balaban J connectivity index is 0.00000308. The number of β-amino-alcohol motifs (C(OH)–C–C–N with tert-alkyl or cyclic N) is 1. The highest BCUT2D eigenvalue weighted by atomic mass is 35.5. The Morgan fingerprint density at radius 3 is 2.40 bits per heavy atom. The highest BCUT2D eigenvalue weighted by Crippen LogP contribution is 2.28. The summed E-state index contributed by atoms with van der Waals surface area (Å²) < 4.78 is 0. The van der Waals surface area contributed by atoms with Gasteiger partial charge in [-0.15, -0.1) is 36.2 Å². The molecule has 10 nitrogen and oxygen atoms in total. The number of rotatable bonds is 9. The molecule has 3 heterocycles. The van der Waals surface area contributed by atoms with E-state index in [-0.39, 0.29) is 55.5 Å². The highest BCUT2D eigenvalue weighted by molar-refractivity contribution is 7.13. The van der Waals surface area contributed by atoms with Crippen LogP contribution in [0.25, 0.3) is 10.4 Å². The number of aryl methyl sites for hydroxylation is 1. The van der Waals surface area contributed by atoms with Crippen molar-refractivity contribution < 1.29 is 19.5 Å². The second-order valence-corrected chi connectivity index (χ2v) is 12.6. The summed E-state index contributed by atoms with van der Waals surface area (Å²) in [5.41, 5.74) is 4.24. The van der Waals surface area contributed by atoms with E-state index in [0.717, 1.165) is 47.9 Å². The van der Waals surface area contributed by atoms with Crippen molar-refractivity contribution in [1.29, 1.82) is 0 Å². The predicted molar refractivity (Wildman–Crippen MR) is 170 cm³/mol. The number of carbonyl (C=O) groups excluding carboxylic acids is 3. The van der Waals surface area contributed by atoms with Crippen LogP contribution in [-0.2, 0) is 20.9 Å². The minimum atomic E-state index is -0.814. The van der Waals surface area contributed by atoms with Gasteiger partial charge in [-0.3, -0.25) is 14.4 Å². The van der Waals surface area contributed by atoms with Crippen LogP contribution in [0.3, 0.4) is 0 Å². The van der Waals surface area contributed by atoms with E-state index in [1.54, 1.807) is 11.3 Å². The zero-order chi connectivity index (χ0) is 28.9. The summed E-state index contributed by atoms with van der Waals surface area (Å²) in [6, 6.07) is 6.33. The standard InChI is InChI=1S/C29H42N6O4S.2ClH/c1-19-25(40-18-32-19)21-7-5-20(6-8-21)16-31-27(38)23-15-22(36)17-35(23)28(39)26(29(2,3)4)33-24(37)9-12-34-13-10-30-11-14-34;;/h5-8,18,22-23,26,30,36H,9-17H2,1-4H3,(H,31,38)(H,33,37);2*1H/t22-,23+,26-;;/m1../s1. The van der Waals surface area contributed by atoms with Gasteiger partial charge in [0.2, 0.25) is 17.7 Å². The molecule has 1 aromatic carbocycles. The van der Waals surface area contributed by atoms with E-state index in [4.69, 9.17) is 0 Å². The summed E-state index contributed by atoms with van der Waals surface area (Å²) in [6.07, 6.45) is -0.339. The minimum absolute atomic E-state index is 0. The largest absolute Gasteiger partial charge is 0.391 e. The number of nitrogens with zero attached hydrogens (tertiary/aromatic N) is 3. The zero-order valence-corrected chi connectivity index (χ0v) is 27.2. The van der Waals surface area contributed by atoms with Gasteiger partial charge in [0.1, 0.15) is 12.1 Å². The second kappa shape index (κ2) is 16.0. The quantitative estimate of drug-likeness (QED) is 0.331. The van der Waals surface area contributed by atoms with Crippen LogP contribution in [-0.4, -0.2) is 95.1 Å². The fraction of sp³-hybridized carbons (Fsp3) is 0.586. The van der Waals surface area contributed by atoms with E-state index in [2.05, 4.69) is 25.8 Å². The SMILES string of the molecule is Cc1ncsc1-c1ccc(CNC(=O)[C@@H]2C[C@@H](O)CN2C(=O)[C@@H](NC(=O)CCN2CCNCC2)C(C)(C)C)cc1.Cl.Cl. The van der Waals surface area contributed by atoms with Crippen LogP contribution in [0, 0.1) is 12.3 Å². The molecule has 4 rings (SSSR count). The lowest BCUT2D eigenvalue weighted by Crippen LogP contribution is -2.58. The van der Waals surface area contributed by atoms with Gasteiger partial charge in [-0.1, -0.05) is 45.0 Å². The number of likely N-dealkylation sites (tertiary alicyclic amines) is 1. The molecule has 4 N–H and O–H groups in total. The highest BCUT2D eigenvalue weighted by Gasteiger charge is 2.44. The van der Waals surface area contributed by atoms with Crippen LogP contribution in [0.4, 0.5) is 0 Å². The third-order valence-corrected chi connectivity index (χ3v) is 8.55. The molecule has 1 aromatic heterocycles. The molecule has 0 bridgehead atoms. The van der Waals surface area contributed by atoms with Gasteiger partial charge in [0.25, 0.3) is 0 Å². The van der Waals surface area contributed by atoms with Crippen molar-refractivity contribution in [3.8, 4) is 10.4 Å². The molecule has 42 heavy (non-hydrogen) atoms. The molecule has 2 aliphatic rings. The number of hydrogen-bond acceptors (Lipinski definition) is 8. The minimum Gasteiger partial charge on any atom is -0.391 e. The van der Waals surface area contributed by atoms with E-state index in [9.17, 15) is 19.5 Å². The number of thiazole rings is 1. The van der Waals surface area contributed by atoms with Crippen LogP contribution in [0.5, 0.6) is 0 Å². The first kappa shape index (κ1) is 35.9. The van der Waals surface area contributed by atoms with Crippen LogP contribution in [0.2, 0.25) is 0 Å². The lowest BCUT2D eigenvalue weighted by molar-refractivity contribution is -0.144. The van der Waals surface area contributed by atoms with Gasteiger partial charge >= 0.3 is 0 Å². The number of aromatic nitrogens is 1. The molecular formula is C29H44Cl2N6O4S. The first-order chi connectivity index (χ1) is 19.0. The van der Waals surface area contributed by atoms with E-state index < -0.39 is 23.6 Å². The fourth-order valence-corrected chi connectivity index (χ4v) is 6.02.